The average Bonchev–Trinajstić information content (AvgIpc) is 2.97. The summed E-state index contributed by atoms with van der Waals surface area (Å²) in [5, 5.41) is 3.27. The Bertz CT molecular complexity index is 707. The van der Waals surface area contributed by atoms with Gasteiger partial charge in [0.2, 0.25) is 0 Å². The predicted molar refractivity (Wildman–Crippen MR) is 87.2 cm³/mol. The quantitative estimate of drug-likeness (QED) is 0.738. The molecule has 3 rings (SSSR count). The molecule has 2 heterocycles. The average molecular weight is 283 g/mol. The Morgan fingerprint density at radius 2 is 2.15 bits per heavy atom. The van der Waals surface area contributed by atoms with Crippen LogP contribution in [0.2, 0.25) is 0 Å². The van der Waals surface area contributed by atoms with Crippen molar-refractivity contribution in [3.8, 4) is 0 Å². The molecule has 0 radical (unpaired) electrons. The lowest BCUT2D eigenvalue weighted by atomic mass is 10.1. The van der Waals surface area contributed by atoms with Crippen LogP contribution in [-0.2, 0) is 6.54 Å². The number of benzene rings is 1. The summed E-state index contributed by atoms with van der Waals surface area (Å²) in [4.78, 5) is 8.15. The molecule has 0 amide bonds. The van der Waals surface area contributed by atoms with E-state index in [0.29, 0.717) is 0 Å². The normalized spacial score (nSPS) is 10.8. The molecule has 4 heteroatoms. The Kier molecular flexibility index (Phi) is 3.56. The standard InChI is InChI=1S/C16H17N3S/c1-2-19(11-13-4-3-9-20-13)16-7-8-18-15-10-12(17)5-6-14(15)16/h3-10H,2,11,17H2,1H3. The third-order valence-corrected chi connectivity index (χ3v) is 4.25. The second-order valence-corrected chi connectivity index (χ2v) is 5.73. The van der Waals surface area contributed by atoms with E-state index >= 15 is 0 Å². The summed E-state index contributed by atoms with van der Waals surface area (Å²) >= 11 is 1.79. The number of fused-ring (bicyclic) bond motifs is 1. The van der Waals surface area contributed by atoms with Crippen LogP contribution < -0.4 is 10.6 Å². The van der Waals surface area contributed by atoms with Gasteiger partial charge in [-0.1, -0.05) is 6.07 Å². The smallest absolute Gasteiger partial charge is 0.0743 e. The van der Waals surface area contributed by atoms with E-state index in [1.165, 1.54) is 10.6 Å². The summed E-state index contributed by atoms with van der Waals surface area (Å²) in [5.41, 5.74) is 8.76. The van der Waals surface area contributed by atoms with Gasteiger partial charge in [-0.15, -0.1) is 11.3 Å². The zero-order valence-corrected chi connectivity index (χ0v) is 12.2. The molecular weight excluding hydrogens is 266 g/mol. The minimum Gasteiger partial charge on any atom is -0.399 e. The van der Waals surface area contributed by atoms with Crippen LogP contribution in [0, 0.1) is 0 Å². The molecular formula is C16H17N3S. The molecule has 0 fully saturated rings. The van der Waals surface area contributed by atoms with Gasteiger partial charge in [0.05, 0.1) is 12.1 Å². The number of nitrogens with zero attached hydrogens (tertiary/aromatic N) is 2. The Hall–Kier alpha value is -2.07. The highest BCUT2D eigenvalue weighted by Crippen LogP contribution is 2.28. The third kappa shape index (κ3) is 2.47. The minimum absolute atomic E-state index is 0.753. The number of thiophene rings is 1. The van der Waals surface area contributed by atoms with Crippen molar-refractivity contribution < 1.29 is 0 Å². The van der Waals surface area contributed by atoms with Crippen LogP contribution in [0.15, 0.2) is 48.0 Å². The van der Waals surface area contributed by atoms with Crippen LogP contribution >= 0.6 is 11.3 Å². The number of nitrogens with two attached hydrogens (primary N) is 1. The van der Waals surface area contributed by atoms with Crippen LogP contribution in [0.4, 0.5) is 11.4 Å². The lowest BCUT2D eigenvalue weighted by Crippen LogP contribution is -2.21. The first kappa shape index (κ1) is 12.9. The highest BCUT2D eigenvalue weighted by molar-refractivity contribution is 7.09. The maximum absolute atomic E-state index is 5.84. The van der Waals surface area contributed by atoms with E-state index in [4.69, 9.17) is 5.73 Å². The minimum atomic E-state index is 0.753. The van der Waals surface area contributed by atoms with Crippen LogP contribution in [0.1, 0.15) is 11.8 Å². The lowest BCUT2D eigenvalue weighted by Gasteiger charge is -2.24. The van der Waals surface area contributed by atoms with Crippen LogP contribution in [0.25, 0.3) is 10.9 Å². The number of anilines is 2. The molecule has 3 aromatic rings. The first-order valence-corrected chi connectivity index (χ1v) is 7.57. The summed E-state index contributed by atoms with van der Waals surface area (Å²) in [6, 6.07) is 12.3. The van der Waals surface area contributed by atoms with Gasteiger partial charge in [-0.3, -0.25) is 4.98 Å². The van der Waals surface area contributed by atoms with Gasteiger partial charge in [0.15, 0.2) is 0 Å². The first-order valence-electron chi connectivity index (χ1n) is 6.69. The molecule has 0 aliphatic heterocycles. The van der Waals surface area contributed by atoms with Crippen molar-refractivity contribution in [3.63, 3.8) is 0 Å². The van der Waals surface area contributed by atoms with Crippen molar-refractivity contribution >= 4 is 33.6 Å². The van der Waals surface area contributed by atoms with Gasteiger partial charge in [0.1, 0.15) is 0 Å². The predicted octanol–water partition coefficient (Wildman–Crippen LogP) is 3.91. The summed E-state index contributed by atoms with van der Waals surface area (Å²) in [5.74, 6) is 0. The van der Waals surface area contributed by atoms with Crippen LogP contribution in [0.3, 0.4) is 0 Å². The van der Waals surface area contributed by atoms with Crippen molar-refractivity contribution in [2.75, 3.05) is 17.2 Å². The number of pyridine rings is 1. The first-order chi connectivity index (χ1) is 9.78. The van der Waals surface area contributed by atoms with E-state index in [2.05, 4.69) is 46.5 Å². The third-order valence-electron chi connectivity index (χ3n) is 3.39. The second-order valence-electron chi connectivity index (χ2n) is 4.70. The molecule has 102 valence electrons. The fourth-order valence-electron chi connectivity index (χ4n) is 2.38. The van der Waals surface area contributed by atoms with E-state index in [9.17, 15) is 0 Å². The molecule has 2 aromatic heterocycles. The highest BCUT2D eigenvalue weighted by atomic mass is 32.1. The van der Waals surface area contributed by atoms with E-state index < -0.39 is 0 Å². The topological polar surface area (TPSA) is 42.2 Å². The van der Waals surface area contributed by atoms with Gasteiger partial charge in [-0.05, 0) is 42.6 Å². The van der Waals surface area contributed by atoms with E-state index in [1.807, 2.05) is 18.3 Å². The lowest BCUT2D eigenvalue weighted by molar-refractivity contribution is 0.846. The van der Waals surface area contributed by atoms with Crippen molar-refractivity contribution in [2.45, 2.75) is 13.5 Å². The Labute approximate surface area is 122 Å². The molecule has 0 spiro atoms. The molecule has 0 saturated carbocycles. The number of nitrogen functional groups attached to an aromatic ring is 1. The molecule has 20 heavy (non-hydrogen) atoms. The van der Waals surface area contributed by atoms with Gasteiger partial charge in [-0.2, -0.15) is 0 Å². The molecule has 0 saturated heterocycles. The Balaban J connectivity index is 2.03. The largest absolute Gasteiger partial charge is 0.399 e. The number of hydrogen-bond acceptors (Lipinski definition) is 4. The van der Waals surface area contributed by atoms with Gasteiger partial charge >= 0.3 is 0 Å². The van der Waals surface area contributed by atoms with Gasteiger partial charge in [0, 0.05) is 34.4 Å². The second kappa shape index (κ2) is 5.51. The monoisotopic (exact) mass is 283 g/mol. The maximum atomic E-state index is 5.84. The molecule has 2 N–H and O–H groups in total. The zero-order valence-electron chi connectivity index (χ0n) is 11.4. The molecule has 3 nitrogen and oxygen atoms in total. The highest BCUT2D eigenvalue weighted by Gasteiger charge is 2.10. The van der Waals surface area contributed by atoms with E-state index in [0.717, 1.165) is 29.7 Å². The summed E-state index contributed by atoms with van der Waals surface area (Å²) in [6.45, 7) is 4.07. The van der Waals surface area contributed by atoms with Gasteiger partial charge in [-0.25, -0.2) is 0 Å². The molecule has 0 atom stereocenters. The number of aromatic nitrogens is 1. The van der Waals surface area contributed by atoms with Crippen molar-refractivity contribution in [1.29, 1.82) is 0 Å². The molecule has 0 aliphatic rings. The van der Waals surface area contributed by atoms with Crippen LogP contribution in [0.5, 0.6) is 0 Å². The maximum Gasteiger partial charge on any atom is 0.0743 e. The van der Waals surface area contributed by atoms with Crippen molar-refractivity contribution in [1.82, 2.24) is 4.98 Å². The molecule has 0 aliphatic carbocycles. The van der Waals surface area contributed by atoms with E-state index in [1.54, 1.807) is 11.3 Å². The summed E-state index contributed by atoms with van der Waals surface area (Å²) in [6.07, 6.45) is 1.86. The van der Waals surface area contributed by atoms with Crippen molar-refractivity contribution in [2.24, 2.45) is 0 Å². The number of rotatable bonds is 4. The molecule has 0 unspecified atom stereocenters. The van der Waals surface area contributed by atoms with E-state index in [-0.39, 0.29) is 0 Å². The number of hydrogen-bond donors (Lipinski definition) is 1. The Morgan fingerprint density at radius 1 is 1.25 bits per heavy atom. The van der Waals surface area contributed by atoms with Crippen molar-refractivity contribution in [3.05, 3.63) is 52.9 Å². The van der Waals surface area contributed by atoms with Gasteiger partial charge in [0.25, 0.3) is 0 Å². The summed E-state index contributed by atoms with van der Waals surface area (Å²) in [7, 11) is 0. The molecule has 1 aromatic carbocycles. The SMILES string of the molecule is CCN(Cc1cccs1)c1ccnc2cc(N)ccc12. The zero-order chi connectivity index (χ0) is 13.9. The fourth-order valence-corrected chi connectivity index (χ4v) is 3.10. The Morgan fingerprint density at radius 3 is 2.90 bits per heavy atom. The molecule has 0 bridgehead atoms. The van der Waals surface area contributed by atoms with Gasteiger partial charge < -0.3 is 10.6 Å². The van der Waals surface area contributed by atoms with Crippen LogP contribution in [-0.4, -0.2) is 11.5 Å². The summed E-state index contributed by atoms with van der Waals surface area (Å²) < 4.78 is 0. The fraction of sp³-hybridized carbons (Fsp3) is 0.188.